The van der Waals surface area contributed by atoms with Gasteiger partial charge in [-0.15, -0.1) is 0 Å². The van der Waals surface area contributed by atoms with Crippen LogP contribution in [-0.4, -0.2) is 27.4 Å². The lowest BCUT2D eigenvalue weighted by Crippen LogP contribution is -2.22. The highest BCUT2D eigenvalue weighted by molar-refractivity contribution is 5.70. The molecule has 5 heteroatoms. The van der Waals surface area contributed by atoms with E-state index in [1.807, 2.05) is 18.5 Å². The highest BCUT2D eigenvalue weighted by atomic mass is 16.4. The molecule has 16 heavy (non-hydrogen) atoms. The van der Waals surface area contributed by atoms with Crippen LogP contribution in [-0.2, 0) is 11.2 Å². The molecule has 5 nitrogen and oxygen atoms in total. The summed E-state index contributed by atoms with van der Waals surface area (Å²) < 4.78 is 1.93. The lowest BCUT2D eigenvalue weighted by Gasteiger charge is -2.13. The van der Waals surface area contributed by atoms with Crippen LogP contribution in [0.2, 0.25) is 0 Å². The van der Waals surface area contributed by atoms with E-state index in [2.05, 4.69) is 10.4 Å². The fraction of sp³-hybridized carbons (Fsp3) is 0.636. The van der Waals surface area contributed by atoms with Crippen molar-refractivity contribution in [1.29, 1.82) is 0 Å². The predicted octanol–water partition coefficient (Wildman–Crippen LogP) is 1.01. The zero-order chi connectivity index (χ0) is 11.7. The van der Waals surface area contributed by atoms with Crippen LogP contribution in [0.3, 0.4) is 0 Å². The number of hydrogen-bond acceptors (Lipinski definition) is 3. The first-order valence-electron chi connectivity index (χ1n) is 5.59. The van der Waals surface area contributed by atoms with Crippen molar-refractivity contribution in [2.45, 2.75) is 39.3 Å². The average molecular weight is 223 g/mol. The molecule has 0 bridgehead atoms. The summed E-state index contributed by atoms with van der Waals surface area (Å²) in [6.07, 6.45) is 2.51. The Hall–Kier alpha value is -1.36. The molecule has 1 aromatic heterocycles. The maximum Gasteiger partial charge on any atom is 0.307 e. The molecule has 2 N–H and O–H groups in total. The smallest absolute Gasteiger partial charge is 0.307 e. The Morgan fingerprint density at radius 2 is 2.38 bits per heavy atom. The zero-order valence-electron chi connectivity index (χ0n) is 9.66. The van der Waals surface area contributed by atoms with E-state index >= 15 is 0 Å². The molecule has 1 unspecified atom stereocenters. The molecule has 0 spiro atoms. The van der Waals surface area contributed by atoms with Gasteiger partial charge in [0.15, 0.2) is 0 Å². The Balaban J connectivity index is 2.30. The van der Waals surface area contributed by atoms with Crippen molar-refractivity contribution in [1.82, 2.24) is 15.1 Å². The number of carboxylic acids is 1. The van der Waals surface area contributed by atoms with Crippen LogP contribution in [0.5, 0.6) is 0 Å². The Morgan fingerprint density at radius 3 is 2.94 bits per heavy atom. The Kier molecular flexibility index (Phi) is 2.96. The predicted molar refractivity (Wildman–Crippen MR) is 59.3 cm³/mol. The van der Waals surface area contributed by atoms with E-state index in [4.69, 9.17) is 5.11 Å². The van der Waals surface area contributed by atoms with Gasteiger partial charge in [-0.3, -0.25) is 14.8 Å². The molecule has 1 aliphatic heterocycles. The van der Waals surface area contributed by atoms with Crippen molar-refractivity contribution in [3.63, 3.8) is 0 Å². The van der Waals surface area contributed by atoms with E-state index in [0.29, 0.717) is 0 Å². The van der Waals surface area contributed by atoms with Crippen molar-refractivity contribution in [3.8, 4) is 0 Å². The van der Waals surface area contributed by atoms with Crippen molar-refractivity contribution >= 4 is 5.97 Å². The molecule has 0 amide bonds. The number of aliphatic carboxylic acids is 1. The van der Waals surface area contributed by atoms with Gasteiger partial charge >= 0.3 is 5.97 Å². The highest BCUT2D eigenvalue weighted by Crippen LogP contribution is 2.22. The molecular formula is C11H17N3O2. The molecule has 0 aliphatic carbocycles. The third-order valence-corrected chi connectivity index (χ3v) is 3.13. The lowest BCUT2D eigenvalue weighted by molar-refractivity contribution is -0.136. The monoisotopic (exact) mass is 223 g/mol. The summed E-state index contributed by atoms with van der Waals surface area (Å²) in [5, 5.41) is 16.6. The van der Waals surface area contributed by atoms with Crippen LogP contribution in [0.25, 0.3) is 0 Å². The van der Waals surface area contributed by atoms with Crippen molar-refractivity contribution in [2.24, 2.45) is 0 Å². The molecule has 2 rings (SSSR count). The molecule has 1 aromatic rings. The van der Waals surface area contributed by atoms with E-state index in [9.17, 15) is 4.79 Å². The second kappa shape index (κ2) is 4.25. The molecule has 1 fully saturated rings. The SMILES string of the molecule is Cc1nn(C2CCCN2)c(C)c1CC(=O)O. The van der Waals surface area contributed by atoms with E-state index in [1.54, 1.807) is 0 Å². The maximum absolute atomic E-state index is 10.8. The molecule has 0 aromatic carbocycles. The van der Waals surface area contributed by atoms with Crippen LogP contribution in [0.1, 0.15) is 36.0 Å². The maximum atomic E-state index is 10.8. The molecule has 1 aliphatic rings. The summed E-state index contributed by atoms with van der Waals surface area (Å²) in [6, 6.07) is 0. The van der Waals surface area contributed by atoms with Crippen LogP contribution >= 0.6 is 0 Å². The molecule has 88 valence electrons. The second-order valence-corrected chi connectivity index (χ2v) is 4.28. The third-order valence-electron chi connectivity index (χ3n) is 3.13. The average Bonchev–Trinajstić information content (AvgIpc) is 2.80. The highest BCUT2D eigenvalue weighted by Gasteiger charge is 2.22. The van der Waals surface area contributed by atoms with Crippen LogP contribution in [0.15, 0.2) is 0 Å². The van der Waals surface area contributed by atoms with E-state index in [0.717, 1.165) is 36.3 Å². The summed E-state index contributed by atoms with van der Waals surface area (Å²) in [7, 11) is 0. The fourth-order valence-corrected chi connectivity index (χ4v) is 2.28. The van der Waals surface area contributed by atoms with Gasteiger partial charge in [-0.2, -0.15) is 5.10 Å². The van der Waals surface area contributed by atoms with Gasteiger partial charge in [0.25, 0.3) is 0 Å². The number of nitrogens with zero attached hydrogens (tertiary/aromatic N) is 2. The summed E-state index contributed by atoms with van der Waals surface area (Å²) in [6.45, 7) is 4.83. The van der Waals surface area contributed by atoms with Crippen molar-refractivity contribution in [2.75, 3.05) is 6.54 Å². The second-order valence-electron chi connectivity index (χ2n) is 4.28. The number of aromatic nitrogens is 2. The normalized spacial score (nSPS) is 20.2. The molecule has 1 atom stereocenters. The van der Waals surface area contributed by atoms with Gasteiger partial charge in [0.2, 0.25) is 0 Å². The number of carbonyl (C=O) groups is 1. The Labute approximate surface area is 94.5 Å². The van der Waals surface area contributed by atoms with Gasteiger partial charge in [-0.1, -0.05) is 0 Å². The van der Waals surface area contributed by atoms with Gasteiger partial charge in [-0.25, -0.2) is 0 Å². The van der Waals surface area contributed by atoms with Crippen molar-refractivity contribution in [3.05, 3.63) is 17.0 Å². The standard InChI is InChI=1S/C11H17N3O2/c1-7-9(6-11(15)16)8(2)14(13-7)10-4-3-5-12-10/h10,12H,3-6H2,1-2H3,(H,15,16). The van der Waals surface area contributed by atoms with Crippen LogP contribution < -0.4 is 5.32 Å². The number of nitrogens with one attached hydrogen (secondary N) is 1. The third kappa shape index (κ3) is 1.95. The Bertz CT molecular complexity index is 406. The number of rotatable bonds is 3. The van der Waals surface area contributed by atoms with Crippen LogP contribution in [0.4, 0.5) is 0 Å². The summed E-state index contributed by atoms with van der Waals surface area (Å²) in [5.74, 6) is -0.801. The summed E-state index contributed by atoms with van der Waals surface area (Å²) >= 11 is 0. The van der Waals surface area contributed by atoms with Gasteiger partial charge in [0.05, 0.1) is 12.1 Å². The molecular weight excluding hydrogens is 206 g/mol. The van der Waals surface area contributed by atoms with E-state index in [-0.39, 0.29) is 12.6 Å². The van der Waals surface area contributed by atoms with Crippen LogP contribution in [0, 0.1) is 13.8 Å². The molecule has 2 heterocycles. The first-order valence-corrected chi connectivity index (χ1v) is 5.59. The topological polar surface area (TPSA) is 67.2 Å². The fourth-order valence-electron chi connectivity index (χ4n) is 2.28. The Morgan fingerprint density at radius 1 is 1.62 bits per heavy atom. The largest absolute Gasteiger partial charge is 0.481 e. The number of hydrogen-bond donors (Lipinski definition) is 2. The zero-order valence-corrected chi connectivity index (χ0v) is 9.66. The number of aryl methyl sites for hydroxylation is 1. The minimum absolute atomic E-state index is 0.0599. The summed E-state index contributed by atoms with van der Waals surface area (Å²) in [5.41, 5.74) is 2.65. The number of carboxylic acid groups (broad SMARTS) is 1. The minimum Gasteiger partial charge on any atom is -0.481 e. The minimum atomic E-state index is -0.801. The first-order chi connectivity index (χ1) is 7.59. The van der Waals surface area contributed by atoms with Gasteiger partial charge in [0, 0.05) is 11.3 Å². The molecule has 0 saturated carbocycles. The van der Waals surface area contributed by atoms with E-state index < -0.39 is 5.97 Å². The quantitative estimate of drug-likeness (QED) is 0.802. The van der Waals surface area contributed by atoms with Gasteiger partial charge in [-0.05, 0) is 33.2 Å². The summed E-state index contributed by atoms with van der Waals surface area (Å²) in [4.78, 5) is 10.8. The first kappa shape index (κ1) is 11.1. The van der Waals surface area contributed by atoms with Gasteiger partial charge in [0.1, 0.15) is 6.17 Å². The van der Waals surface area contributed by atoms with Gasteiger partial charge < -0.3 is 5.11 Å². The molecule has 0 radical (unpaired) electrons. The van der Waals surface area contributed by atoms with Crippen molar-refractivity contribution < 1.29 is 9.90 Å². The lowest BCUT2D eigenvalue weighted by atomic mass is 10.1. The molecule has 1 saturated heterocycles. The van der Waals surface area contributed by atoms with E-state index in [1.165, 1.54) is 0 Å².